The van der Waals surface area contributed by atoms with Gasteiger partial charge in [-0.05, 0) is 55.3 Å². The molecule has 1 aromatic carbocycles. The van der Waals surface area contributed by atoms with Crippen LogP contribution in [0, 0.1) is 17.8 Å². The molecular weight excluding hydrogens is 448 g/mol. The van der Waals surface area contributed by atoms with Gasteiger partial charge in [0.25, 0.3) is 0 Å². The molecule has 35 heavy (non-hydrogen) atoms. The van der Waals surface area contributed by atoms with Crippen LogP contribution in [-0.4, -0.2) is 49.9 Å². The van der Waals surface area contributed by atoms with Crippen LogP contribution in [0.15, 0.2) is 35.4 Å². The zero-order valence-corrected chi connectivity index (χ0v) is 21.2. The Labute approximate surface area is 208 Å². The molecule has 1 heterocycles. The summed E-state index contributed by atoms with van der Waals surface area (Å²) in [6, 6.07) is 8.77. The predicted octanol–water partition coefficient (Wildman–Crippen LogP) is 5.04. The summed E-state index contributed by atoms with van der Waals surface area (Å²) in [7, 11) is 0. The average Bonchev–Trinajstić information content (AvgIpc) is 2.87. The van der Waals surface area contributed by atoms with Gasteiger partial charge in [0.05, 0.1) is 24.8 Å². The van der Waals surface area contributed by atoms with E-state index in [0.717, 1.165) is 19.3 Å². The maximum Gasteiger partial charge on any atom is 0.338 e. The Hall–Kier alpha value is -2.45. The summed E-state index contributed by atoms with van der Waals surface area (Å²) in [4.78, 5) is 27.9. The molecule has 6 unspecified atom stereocenters. The molecule has 0 aromatic heterocycles. The lowest BCUT2D eigenvalue weighted by atomic mass is 9.79. The van der Waals surface area contributed by atoms with Gasteiger partial charge in [0.2, 0.25) is 0 Å². The lowest BCUT2D eigenvalue weighted by molar-refractivity contribution is -0.251. The summed E-state index contributed by atoms with van der Waals surface area (Å²) in [6.45, 7) is 7.26. The number of ketones is 1. The highest BCUT2D eigenvalue weighted by Crippen LogP contribution is 2.35. The van der Waals surface area contributed by atoms with Crippen LogP contribution in [0.4, 0.5) is 0 Å². The van der Waals surface area contributed by atoms with Crippen molar-refractivity contribution in [3.63, 3.8) is 0 Å². The second-order valence-corrected chi connectivity index (χ2v) is 9.44. The third kappa shape index (κ3) is 9.61. The van der Waals surface area contributed by atoms with Gasteiger partial charge >= 0.3 is 5.97 Å². The molecule has 1 aromatic rings. The molecule has 9 heteroatoms. The number of unbranched alkanes of at least 4 members (excludes halogenated alkanes) is 2. The zero-order valence-electron chi connectivity index (χ0n) is 21.2. The highest BCUT2D eigenvalue weighted by atomic mass is 16.7. The Morgan fingerprint density at radius 2 is 1.83 bits per heavy atom. The van der Waals surface area contributed by atoms with E-state index >= 15 is 0 Å². The van der Waals surface area contributed by atoms with Crippen molar-refractivity contribution in [2.45, 2.75) is 77.8 Å². The summed E-state index contributed by atoms with van der Waals surface area (Å²) >= 11 is 0. The van der Waals surface area contributed by atoms with Crippen molar-refractivity contribution >= 4 is 11.8 Å². The molecule has 9 nitrogen and oxygen atoms in total. The first-order valence-electron chi connectivity index (χ1n) is 12.6. The van der Waals surface area contributed by atoms with Crippen molar-refractivity contribution in [3.05, 3.63) is 46.3 Å². The van der Waals surface area contributed by atoms with E-state index in [9.17, 15) is 9.59 Å². The van der Waals surface area contributed by atoms with Gasteiger partial charge in [-0.1, -0.05) is 50.5 Å². The van der Waals surface area contributed by atoms with Crippen LogP contribution >= 0.6 is 0 Å². The summed E-state index contributed by atoms with van der Waals surface area (Å²) in [5.41, 5.74) is 14.7. The highest BCUT2D eigenvalue weighted by Gasteiger charge is 2.39. The van der Waals surface area contributed by atoms with Crippen LogP contribution < -0.4 is 5.73 Å². The molecule has 2 rings (SSSR count). The van der Waals surface area contributed by atoms with E-state index in [4.69, 9.17) is 25.5 Å². The highest BCUT2D eigenvalue weighted by molar-refractivity contribution is 5.89. The molecule has 0 bridgehead atoms. The number of azide groups is 1. The minimum absolute atomic E-state index is 0.0990. The molecule has 0 amide bonds. The summed E-state index contributed by atoms with van der Waals surface area (Å²) in [6.07, 6.45) is 2.49. The van der Waals surface area contributed by atoms with Gasteiger partial charge in [-0.25, -0.2) is 4.79 Å². The van der Waals surface area contributed by atoms with Gasteiger partial charge in [-0.2, -0.15) is 0 Å². The molecule has 0 spiro atoms. The van der Waals surface area contributed by atoms with Crippen LogP contribution in [0.2, 0.25) is 0 Å². The Balaban J connectivity index is 1.99. The summed E-state index contributed by atoms with van der Waals surface area (Å²) in [5.74, 6) is 0.284. The molecule has 0 radical (unpaired) electrons. The second kappa shape index (κ2) is 15.5. The van der Waals surface area contributed by atoms with Crippen LogP contribution in [0.3, 0.4) is 0 Å². The quantitative estimate of drug-likeness (QED) is 0.121. The number of rotatable bonds is 15. The number of carbonyl (C=O) groups is 2. The second-order valence-electron chi connectivity index (χ2n) is 9.44. The standard InChI is InChI=1S/C26H40N4O5/c1-18-19(2)24(16-29-30-28)35-26(20(18)3)33-17-23(14-13-22(31)12-8-5-9-15-27)34-25(32)21-10-6-4-7-11-21/h4,6-7,10-11,18-20,23-24,26H,5,8-9,12-17,27H2,1-3H3. The van der Waals surface area contributed by atoms with E-state index in [2.05, 4.69) is 30.8 Å². The number of hydrogen-bond acceptors (Lipinski definition) is 7. The number of esters is 1. The van der Waals surface area contributed by atoms with E-state index in [-0.39, 0.29) is 42.8 Å². The smallest absolute Gasteiger partial charge is 0.338 e. The first-order chi connectivity index (χ1) is 16.9. The van der Waals surface area contributed by atoms with Gasteiger partial charge < -0.3 is 19.9 Å². The van der Waals surface area contributed by atoms with E-state index < -0.39 is 18.4 Å². The minimum Gasteiger partial charge on any atom is -0.456 e. The van der Waals surface area contributed by atoms with Crippen LogP contribution in [0.25, 0.3) is 10.4 Å². The lowest BCUT2D eigenvalue weighted by Gasteiger charge is -2.43. The number of benzene rings is 1. The fourth-order valence-corrected chi connectivity index (χ4v) is 4.27. The molecule has 1 fully saturated rings. The van der Waals surface area contributed by atoms with Crippen molar-refractivity contribution in [1.82, 2.24) is 0 Å². The predicted molar refractivity (Wildman–Crippen MR) is 134 cm³/mol. The molecule has 1 aliphatic heterocycles. The van der Waals surface area contributed by atoms with E-state index in [1.807, 2.05) is 6.07 Å². The molecule has 0 saturated carbocycles. The summed E-state index contributed by atoms with van der Waals surface area (Å²) < 4.78 is 18.0. The monoisotopic (exact) mass is 488 g/mol. The van der Waals surface area contributed by atoms with Crippen molar-refractivity contribution in [1.29, 1.82) is 0 Å². The third-order valence-electron chi connectivity index (χ3n) is 6.94. The largest absolute Gasteiger partial charge is 0.456 e. The molecule has 2 N–H and O–H groups in total. The van der Waals surface area contributed by atoms with Crippen molar-refractivity contribution in [2.75, 3.05) is 19.7 Å². The maximum absolute atomic E-state index is 12.7. The molecule has 0 aliphatic carbocycles. The van der Waals surface area contributed by atoms with E-state index in [0.29, 0.717) is 31.4 Å². The molecule has 6 atom stereocenters. The molecule has 194 valence electrons. The van der Waals surface area contributed by atoms with Crippen molar-refractivity contribution in [3.8, 4) is 0 Å². The SMILES string of the molecule is CC1C(CN=[N+]=[N-])OC(OCC(CCC(=O)CCCCCN)OC(=O)c2ccccc2)C(C)C1C. The van der Waals surface area contributed by atoms with E-state index in [1.165, 1.54) is 0 Å². The topological polar surface area (TPSA) is 137 Å². The fraction of sp³-hybridized carbons (Fsp3) is 0.692. The van der Waals surface area contributed by atoms with Crippen molar-refractivity contribution < 1.29 is 23.8 Å². The maximum atomic E-state index is 12.7. The van der Waals surface area contributed by atoms with Gasteiger partial charge in [0.1, 0.15) is 11.9 Å². The summed E-state index contributed by atoms with van der Waals surface area (Å²) in [5, 5.41) is 3.68. The molecule has 1 aliphatic rings. The van der Waals surface area contributed by atoms with Crippen LogP contribution in [0.5, 0.6) is 0 Å². The van der Waals surface area contributed by atoms with Gasteiger partial charge in [-0.3, -0.25) is 4.79 Å². The third-order valence-corrected chi connectivity index (χ3v) is 6.94. The minimum atomic E-state index is -0.586. The number of hydrogen-bond donors (Lipinski definition) is 1. The fourth-order valence-electron chi connectivity index (χ4n) is 4.27. The zero-order chi connectivity index (χ0) is 25.6. The average molecular weight is 489 g/mol. The Morgan fingerprint density at radius 1 is 1.09 bits per heavy atom. The normalized spacial score (nSPS) is 24.9. The first kappa shape index (κ1) is 28.8. The number of Topliss-reactive ketones (excluding diaryl/α,β-unsaturated/α-hetero) is 1. The van der Waals surface area contributed by atoms with E-state index in [1.54, 1.807) is 24.3 Å². The number of nitrogens with zero attached hydrogens (tertiary/aromatic N) is 3. The Kier molecular flexibility index (Phi) is 12.8. The van der Waals surface area contributed by atoms with Gasteiger partial charge in [-0.15, -0.1) is 0 Å². The Morgan fingerprint density at radius 3 is 2.51 bits per heavy atom. The number of carbonyl (C=O) groups excluding carboxylic acids is 2. The lowest BCUT2D eigenvalue weighted by Crippen LogP contribution is -2.47. The first-order valence-corrected chi connectivity index (χ1v) is 12.6. The van der Waals surface area contributed by atoms with Gasteiger partial charge in [0.15, 0.2) is 6.29 Å². The van der Waals surface area contributed by atoms with Gasteiger partial charge in [0, 0.05) is 23.7 Å². The number of ether oxygens (including phenoxy) is 3. The Bertz CT molecular complexity index is 830. The van der Waals surface area contributed by atoms with Crippen LogP contribution in [-0.2, 0) is 19.0 Å². The molecule has 1 saturated heterocycles. The van der Waals surface area contributed by atoms with Crippen molar-refractivity contribution in [2.24, 2.45) is 28.6 Å². The number of nitrogens with two attached hydrogens (primary N) is 1. The van der Waals surface area contributed by atoms with Crippen LogP contribution in [0.1, 0.15) is 69.7 Å². The molecular formula is C26H40N4O5.